The largest absolute Gasteiger partial charge is 0.365 e. The number of rotatable bonds is 3. The van der Waals surface area contributed by atoms with Crippen LogP contribution < -0.4 is 9.80 Å². The van der Waals surface area contributed by atoms with Crippen LogP contribution in [0.1, 0.15) is 6.42 Å². The van der Waals surface area contributed by atoms with Gasteiger partial charge >= 0.3 is 0 Å². The zero-order valence-corrected chi connectivity index (χ0v) is 16.5. The topological polar surface area (TPSA) is 48.1 Å². The Morgan fingerprint density at radius 3 is 2.52 bits per heavy atom. The highest BCUT2D eigenvalue weighted by molar-refractivity contribution is 6.31. The van der Waals surface area contributed by atoms with E-state index in [1.165, 1.54) is 12.1 Å². The van der Waals surface area contributed by atoms with E-state index in [9.17, 15) is 0 Å². The van der Waals surface area contributed by atoms with E-state index in [1.54, 1.807) is 0 Å². The molecule has 4 aromatic rings. The number of anilines is 2. The monoisotopic (exact) mass is 401 g/mol. The zero-order chi connectivity index (χ0) is 19.4. The van der Waals surface area contributed by atoms with Gasteiger partial charge in [-0.25, -0.2) is 9.97 Å². The van der Waals surface area contributed by atoms with Crippen LogP contribution >= 0.6 is 11.6 Å². The van der Waals surface area contributed by atoms with Gasteiger partial charge in [-0.3, -0.25) is 0 Å². The molecule has 2 fully saturated rings. The van der Waals surface area contributed by atoms with Gasteiger partial charge in [0.15, 0.2) is 0 Å². The molecule has 0 amide bonds. The Morgan fingerprint density at radius 2 is 1.76 bits per heavy atom. The molecule has 144 valence electrons. The Balaban J connectivity index is 1.22. The van der Waals surface area contributed by atoms with Crippen molar-refractivity contribution in [3.8, 4) is 11.4 Å². The molecule has 2 saturated heterocycles. The van der Waals surface area contributed by atoms with E-state index >= 15 is 0 Å². The number of aromatic amines is 1. The van der Waals surface area contributed by atoms with Crippen LogP contribution in [0, 0.1) is 0 Å². The van der Waals surface area contributed by atoms with E-state index in [0.717, 1.165) is 41.3 Å². The van der Waals surface area contributed by atoms with Crippen LogP contribution in [0.3, 0.4) is 0 Å². The summed E-state index contributed by atoms with van der Waals surface area (Å²) < 4.78 is 0. The van der Waals surface area contributed by atoms with Crippen molar-refractivity contribution in [2.75, 3.05) is 22.9 Å². The summed E-state index contributed by atoms with van der Waals surface area (Å²) in [6.07, 6.45) is 3.11. The summed E-state index contributed by atoms with van der Waals surface area (Å²) >= 11 is 6.08. The Kier molecular flexibility index (Phi) is 3.78. The summed E-state index contributed by atoms with van der Waals surface area (Å²) in [5, 5.41) is 0.704. The summed E-state index contributed by atoms with van der Waals surface area (Å²) in [7, 11) is 0. The second kappa shape index (κ2) is 6.49. The minimum absolute atomic E-state index is 0.520. The van der Waals surface area contributed by atoms with Crippen LogP contribution in [0.15, 0.2) is 66.9 Å². The third-order valence-electron chi connectivity index (χ3n) is 6.09. The highest BCUT2D eigenvalue weighted by Crippen LogP contribution is 2.37. The fourth-order valence-corrected chi connectivity index (χ4v) is 4.87. The number of H-pyrrole nitrogens is 1. The van der Waals surface area contributed by atoms with Crippen molar-refractivity contribution in [1.82, 2.24) is 15.0 Å². The van der Waals surface area contributed by atoms with Gasteiger partial charge in [0.2, 0.25) is 0 Å². The molecule has 2 aromatic carbocycles. The van der Waals surface area contributed by atoms with Gasteiger partial charge in [-0.1, -0.05) is 29.8 Å². The molecule has 5 nitrogen and oxygen atoms in total. The quantitative estimate of drug-likeness (QED) is 0.538. The van der Waals surface area contributed by atoms with Gasteiger partial charge in [0.05, 0.1) is 17.1 Å². The van der Waals surface area contributed by atoms with Crippen molar-refractivity contribution in [2.45, 2.75) is 18.5 Å². The van der Waals surface area contributed by atoms with Crippen LogP contribution in [0.5, 0.6) is 0 Å². The lowest BCUT2D eigenvalue weighted by molar-refractivity contribution is 0.641. The molecule has 0 aliphatic carbocycles. The first-order chi connectivity index (χ1) is 14.2. The molecule has 0 spiro atoms. The lowest BCUT2D eigenvalue weighted by atomic mass is 10.2. The third kappa shape index (κ3) is 2.85. The maximum absolute atomic E-state index is 6.08. The smallest absolute Gasteiger partial charge is 0.140 e. The fourth-order valence-electron chi connectivity index (χ4n) is 4.70. The highest BCUT2D eigenvalue weighted by atomic mass is 35.5. The third-order valence-corrected chi connectivity index (χ3v) is 6.32. The van der Waals surface area contributed by atoms with E-state index in [2.05, 4.69) is 62.2 Å². The van der Waals surface area contributed by atoms with Crippen LogP contribution in [-0.2, 0) is 0 Å². The number of pyridine rings is 1. The molecule has 2 aliphatic rings. The SMILES string of the molecule is Clc1ccc2nc(-c3ccc(N4C[C@@H]5C[C@H]4CN5c4ccccc4)nc3)[nH]c2c1. The van der Waals surface area contributed by atoms with Gasteiger partial charge < -0.3 is 14.8 Å². The molecule has 4 heterocycles. The van der Waals surface area contributed by atoms with Crippen LogP contribution in [0.2, 0.25) is 5.02 Å². The molecule has 0 unspecified atom stereocenters. The zero-order valence-electron chi connectivity index (χ0n) is 15.8. The van der Waals surface area contributed by atoms with Crippen LogP contribution in [-0.4, -0.2) is 40.1 Å². The van der Waals surface area contributed by atoms with Crippen LogP contribution in [0.25, 0.3) is 22.4 Å². The van der Waals surface area contributed by atoms with E-state index < -0.39 is 0 Å². The first kappa shape index (κ1) is 16.9. The average molecular weight is 402 g/mol. The second-order valence-electron chi connectivity index (χ2n) is 7.84. The molecule has 2 bridgehead atoms. The van der Waals surface area contributed by atoms with Gasteiger partial charge in [-0.15, -0.1) is 0 Å². The van der Waals surface area contributed by atoms with Crippen molar-refractivity contribution < 1.29 is 0 Å². The predicted molar refractivity (Wildman–Crippen MR) is 118 cm³/mol. The lowest BCUT2D eigenvalue weighted by Crippen LogP contribution is -2.46. The minimum Gasteiger partial charge on any atom is -0.365 e. The maximum atomic E-state index is 6.08. The molecule has 2 atom stereocenters. The first-order valence-electron chi connectivity index (χ1n) is 9.95. The average Bonchev–Trinajstić information content (AvgIpc) is 3.48. The molecule has 2 aliphatic heterocycles. The normalized spacial score (nSPS) is 20.7. The molecule has 2 aromatic heterocycles. The first-order valence-corrected chi connectivity index (χ1v) is 10.3. The number of nitrogens with zero attached hydrogens (tertiary/aromatic N) is 4. The van der Waals surface area contributed by atoms with Crippen molar-refractivity contribution in [3.63, 3.8) is 0 Å². The van der Waals surface area contributed by atoms with E-state index in [0.29, 0.717) is 17.1 Å². The standard InChI is InChI=1S/C23H20ClN5/c24-16-7-8-20-21(10-16)27-23(26-20)15-6-9-22(25-12-15)29-14-18-11-19(29)13-28(18)17-4-2-1-3-5-17/h1-10,12,18-19H,11,13-14H2,(H,26,27)/t18-,19-/m0/s1. The van der Waals surface area contributed by atoms with E-state index in [4.69, 9.17) is 16.6 Å². The molecule has 6 rings (SSSR count). The molecule has 29 heavy (non-hydrogen) atoms. The van der Waals surface area contributed by atoms with Gasteiger partial charge in [-0.05, 0) is 48.9 Å². The number of piperazine rings is 1. The Hall–Kier alpha value is -3.05. The Bertz CT molecular complexity index is 1170. The van der Waals surface area contributed by atoms with E-state index in [-0.39, 0.29) is 0 Å². The highest BCUT2D eigenvalue weighted by Gasteiger charge is 2.43. The summed E-state index contributed by atoms with van der Waals surface area (Å²) in [5.41, 5.74) is 4.16. The van der Waals surface area contributed by atoms with Gasteiger partial charge in [0.25, 0.3) is 0 Å². The van der Waals surface area contributed by atoms with Crippen molar-refractivity contribution in [3.05, 3.63) is 71.9 Å². The number of aromatic nitrogens is 3. The van der Waals surface area contributed by atoms with Gasteiger partial charge in [0, 0.05) is 41.6 Å². The number of halogens is 1. The van der Waals surface area contributed by atoms with Gasteiger partial charge in [0.1, 0.15) is 11.6 Å². The number of fused-ring (bicyclic) bond motifs is 3. The fraction of sp³-hybridized carbons (Fsp3) is 0.217. The molecule has 0 saturated carbocycles. The van der Waals surface area contributed by atoms with Crippen LogP contribution in [0.4, 0.5) is 11.5 Å². The molecule has 6 heteroatoms. The Morgan fingerprint density at radius 1 is 0.931 bits per heavy atom. The summed E-state index contributed by atoms with van der Waals surface area (Å²) in [6.45, 7) is 2.08. The predicted octanol–water partition coefficient (Wildman–Crippen LogP) is 4.75. The number of imidazole rings is 1. The molecule has 1 N–H and O–H groups in total. The van der Waals surface area contributed by atoms with Crippen molar-refractivity contribution >= 4 is 34.1 Å². The number of nitrogens with one attached hydrogen (secondary N) is 1. The van der Waals surface area contributed by atoms with Crippen molar-refractivity contribution in [2.24, 2.45) is 0 Å². The number of benzene rings is 2. The molecule has 0 radical (unpaired) electrons. The summed E-state index contributed by atoms with van der Waals surface area (Å²) in [6, 6.07) is 21.7. The molecular formula is C23H20ClN5. The number of hydrogen-bond donors (Lipinski definition) is 1. The Labute approximate surface area is 174 Å². The lowest BCUT2D eigenvalue weighted by Gasteiger charge is -2.36. The number of hydrogen-bond acceptors (Lipinski definition) is 4. The minimum atomic E-state index is 0.520. The van der Waals surface area contributed by atoms with Gasteiger partial charge in [-0.2, -0.15) is 0 Å². The summed E-state index contributed by atoms with van der Waals surface area (Å²) in [4.78, 5) is 17.7. The van der Waals surface area contributed by atoms with E-state index in [1.807, 2.05) is 24.4 Å². The number of para-hydroxylation sites is 1. The van der Waals surface area contributed by atoms with Crippen molar-refractivity contribution in [1.29, 1.82) is 0 Å². The summed E-state index contributed by atoms with van der Waals surface area (Å²) in [5.74, 6) is 1.87. The maximum Gasteiger partial charge on any atom is 0.140 e. The molecular weight excluding hydrogens is 382 g/mol. The second-order valence-corrected chi connectivity index (χ2v) is 8.27.